The Bertz CT molecular complexity index is 1060. The van der Waals surface area contributed by atoms with Crippen LogP contribution in [0, 0.1) is 0 Å². The maximum atomic E-state index is 12.5. The number of carbonyl (C=O) groups is 1. The summed E-state index contributed by atoms with van der Waals surface area (Å²) in [7, 11) is 1.65. The molecule has 0 unspecified atom stereocenters. The molecule has 0 spiro atoms. The van der Waals surface area contributed by atoms with Crippen molar-refractivity contribution in [2.45, 2.75) is 44.7 Å². The average Bonchev–Trinajstić information content (AvgIpc) is 3.01. The molecule has 1 N–H and O–H groups in total. The summed E-state index contributed by atoms with van der Waals surface area (Å²) in [5.41, 5.74) is 1.53. The van der Waals surface area contributed by atoms with Gasteiger partial charge in [0.2, 0.25) is 0 Å². The van der Waals surface area contributed by atoms with Crippen molar-refractivity contribution < 1.29 is 19.4 Å². The van der Waals surface area contributed by atoms with Crippen molar-refractivity contribution in [2.75, 3.05) is 25.3 Å². The lowest BCUT2D eigenvalue weighted by Crippen LogP contribution is -2.50. The van der Waals surface area contributed by atoms with Gasteiger partial charge in [0.1, 0.15) is 11.3 Å². The first kappa shape index (κ1) is 20.8. The van der Waals surface area contributed by atoms with Gasteiger partial charge in [0.15, 0.2) is 5.43 Å². The number of aromatic carboxylic acids is 1. The second-order valence-corrected chi connectivity index (χ2v) is 8.77. The van der Waals surface area contributed by atoms with Crippen molar-refractivity contribution in [1.29, 1.82) is 0 Å². The van der Waals surface area contributed by atoms with Crippen molar-refractivity contribution in [3.05, 3.63) is 50.8 Å². The number of benzene rings is 1. The Kier molecular flexibility index (Phi) is 5.28. The van der Waals surface area contributed by atoms with E-state index in [-0.39, 0.29) is 17.1 Å². The van der Waals surface area contributed by atoms with Crippen LogP contribution in [0.2, 0.25) is 5.02 Å². The lowest BCUT2D eigenvalue weighted by molar-refractivity contribution is 0.0694. The molecule has 0 bridgehead atoms. The molecule has 4 rings (SSSR count). The molecule has 7 nitrogen and oxygen atoms in total. The van der Waals surface area contributed by atoms with Gasteiger partial charge in [0.25, 0.3) is 0 Å². The van der Waals surface area contributed by atoms with E-state index in [1.54, 1.807) is 7.11 Å². The standard InChI is InChI=1S/C22H25ClN2O5/c1-22(2)6-5-17-14-10-20(30-8-4-7-29-3)16(23)9-13(14)18-11-19(26)15(21(27)28)12-24(18)25(17)22/h9-12,17H,4-8H2,1-3H3,(H,27,28)/t17-/m0/s1. The molecule has 1 aromatic carbocycles. The number of carboxylic acid groups (broad SMARTS) is 1. The van der Waals surface area contributed by atoms with Crippen LogP contribution in [0.25, 0.3) is 11.3 Å². The van der Waals surface area contributed by atoms with Gasteiger partial charge in [0.05, 0.1) is 28.9 Å². The minimum atomic E-state index is -1.23. The fourth-order valence-electron chi connectivity index (χ4n) is 4.50. The van der Waals surface area contributed by atoms with Gasteiger partial charge in [-0.05, 0) is 44.4 Å². The summed E-state index contributed by atoms with van der Waals surface area (Å²) in [4.78, 5) is 24.0. The maximum Gasteiger partial charge on any atom is 0.341 e. The van der Waals surface area contributed by atoms with Crippen LogP contribution in [0.15, 0.2) is 29.2 Å². The number of methoxy groups -OCH3 is 1. The lowest BCUT2D eigenvalue weighted by Gasteiger charge is -2.44. The average molecular weight is 433 g/mol. The molecule has 1 saturated heterocycles. The highest BCUT2D eigenvalue weighted by atomic mass is 35.5. The quantitative estimate of drug-likeness (QED) is 0.698. The van der Waals surface area contributed by atoms with Crippen LogP contribution in [0.3, 0.4) is 0 Å². The Morgan fingerprint density at radius 3 is 2.77 bits per heavy atom. The Morgan fingerprint density at radius 1 is 1.30 bits per heavy atom. The van der Waals surface area contributed by atoms with Crippen molar-refractivity contribution in [3.8, 4) is 17.0 Å². The molecule has 2 aromatic rings. The van der Waals surface area contributed by atoms with E-state index in [1.807, 2.05) is 16.8 Å². The second kappa shape index (κ2) is 7.63. The molecule has 0 radical (unpaired) electrons. The lowest BCUT2D eigenvalue weighted by atomic mass is 9.94. The molecule has 1 aromatic heterocycles. The number of aromatic nitrogens is 1. The zero-order valence-corrected chi connectivity index (χ0v) is 18.0. The third-order valence-electron chi connectivity index (χ3n) is 5.93. The summed E-state index contributed by atoms with van der Waals surface area (Å²) in [6.45, 7) is 5.34. The van der Waals surface area contributed by atoms with Gasteiger partial charge in [-0.25, -0.2) is 4.79 Å². The number of fused-ring (bicyclic) bond motifs is 6. The largest absolute Gasteiger partial charge is 0.492 e. The van der Waals surface area contributed by atoms with E-state index in [0.29, 0.717) is 29.7 Å². The molecular weight excluding hydrogens is 408 g/mol. The van der Waals surface area contributed by atoms with E-state index in [0.717, 1.165) is 30.4 Å². The number of carboxylic acids is 1. The summed E-state index contributed by atoms with van der Waals surface area (Å²) in [5.74, 6) is -0.624. The Balaban J connectivity index is 1.86. The second-order valence-electron chi connectivity index (χ2n) is 8.36. The molecule has 3 heterocycles. The van der Waals surface area contributed by atoms with Crippen LogP contribution in [0.4, 0.5) is 0 Å². The van der Waals surface area contributed by atoms with Gasteiger partial charge >= 0.3 is 5.97 Å². The zero-order chi connectivity index (χ0) is 21.6. The number of hydrogen-bond acceptors (Lipinski definition) is 5. The fraction of sp³-hybridized carbons (Fsp3) is 0.455. The SMILES string of the molecule is COCCCOc1cc2c(cc1Cl)-c1cc(=O)c(C(=O)O)cn1N1[C@H]2CCC1(C)C. The molecular formula is C22H25ClN2O5. The smallest absolute Gasteiger partial charge is 0.341 e. The molecule has 8 heteroatoms. The first-order chi connectivity index (χ1) is 14.2. The van der Waals surface area contributed by atoms with Crippen LogP contribution in [0.5, 0.6) is 5.75 Å². The predicted octanol–water partition coefficient (Wildman–Crippen LogP) is 3.85. The van der Waals surface area contributed by atoms with Crippen LogP contribution >= 0.6 is 11.6 Å². The van der Waals surface area contributed by atoms with Gasteiger partial charge in [0, 0.05) is 38.0 Å². The van der Waals surface area contributed by atoms with Crippen LogP contribution in [0.1, 0.15) is 55.1 Å². The number of rotatable bonds is 6. The summed E-state index contributed by atoms with van der Waals surface area (Å²) >= 11 is 6.51. The number of halogens is 1. The molecule has 0 saturated carbocycles. The highest BCUT2D eigenvalue weighted by Crippen LogP contribution is 2.49. The summed E-state index contributed by atoms with van der Waals surface area (Å²) < 4.78 is 12.8. The molecule has 160 valence electrons. The van der Waals surface area contributed by atoms with Crippen molar-refractivity contribution in [1.82, 2.24) is 4.68 Å². The van der Waals surface area contributed by atoms with E-state index in [1.165, 1.54) is 12.3 Å². The van der Waals surface area contributed by atoms with Crippen LogP contribution < -0.4 is 15.2 Å². The van der Waals surface area contributed by atoms with Gasteiger partial charge in [-0.15, -0.1) is 0 Å². The fourth-order valence-corrected chi connectivity index (χ4v) is 4.72. The van der Waals surface area contributed by atoms with E-state index >= 15 is 0 Å². The van der Waals surface area contributed by atoms with Gasteiger partial charge in [-0.1, -0.05) is 11.6 Å². The molecule has 0 amide bonds. The minimum Gasteiger partial charge on any atom is -0.492 e. The number of ether oxygens (including phenoxy) is 2. The number of nitrogens with zero attached hydrogens (tertiary/aromatic N) is 2. The molecule has 2 aliphatic heterocycles. The Hall–Kier alpha value is -2.51. The molecule has 2 aliphatic rings. The number of pyridine rings is 1. The first-order valence-electron chi connectivity index (χ1n) is 10.00. The summed E-state index contributed by atoms with van der Waals surface area (Å²) in [5, 5.41) is 12.1. The van der Waals surface area contributed by atoms with Gasteiger partial charge in [-0.3, -0.25) is 14.5 Å². The highest BCUT2D eigenvalue weighted by Gasteiger charge is 2.45. The Labute approximate surface area is 179 Å². The maximum absolute atomic E-state index is 12.5. The van der Waals surface area contributed by atoms with Crippen molar-refractivity contribution in [2.24, 2.45) is 0 Å². The van der Waals surface area contributed by atoms with Crippen LogP contribution in [-0.4, -0.2) is 41.6 Å². The number of hydrogen-bond donors (Lipinski definition) is 1. The zero-order valence-electron chi connectivity index (χ0n) is 17.3. The molecule has 0 aliphatic carbocycles. The first-order valence-corrected chi connectivity index (χ1v) is 10.4. The van der Waals surface area contributed by atoms with Crippen molar-refractivity contribution in [3.63, 3.8) is 0 Å². The van der Waals surface area contributed by atoms with E-state index < -0.39 is 11.4 Å². The predicted molar refractivity (Wildman–Crippen MR) is 114 cm³/mol. The van der Waals surface area contributed by atoms with E-state index in [9.17, 15) is 14.7 Å². The highest BCUT2D eigenvalue weighted by molar-refractivity contribution is 6.32. The Morgan fingerprint density at radius 2 is 2.07 bits per heavy atom. The summed E-state index contributed by atoms with van der Waals surface area (Å²) in [6.07, 6.45) is 4.02. The van der Waals surface area contributed by atoms with E-state index in [4.69, 9.17) is 21.1 Å². The monoisotopic (exact) mass is 432 g/mol. The minimum absolute atomic E-state index is 0.0326. The normalized spacial score (nSPS) is 18.5. The molecule has 30 heavy (non-hydrogen) atoms. The van der Waals surface area contributed by atoms with Gasteiger partial charge < -0.3 is 14.6 Å². The molecule has 1 fully saturated rings. The topological polar surface area (TPSA) is 81.0 Å². The summed E-state index contributed by atoms with van der Waals surface area (Å²) in [6, 6.07) is 5.20. The third-order valence-corrected chi connectivity index (χ3v) is 6.22. The van der Waals surface area contributed by atoms with Crippen molar-refractivity contribution >= 4 is 17.6 Å². The molecule has 1 atom stereocenters. The third kappa shape index (κ3) is 3.36. The van der Waals surface area contributed by atoms with Gasteiger partial charge in [-0.2, -0.15) is 0 Å². The van der Waals surface area contributed by atoms with Crippen LogP contribution in [-0.2, 0) is 4.74 Å². The van der Waals surface area contributed by atoms with E-state index in [2.05, 4.69) is 18.9 Å².